The Balaban J connectivity index is 2.69. The number of anilines is 2. The molecule has 0 saturated heterocycles. The lowest BCUT2D eigenvalue weighted by Gasteiger charge is -2.03. The molecule has 12 heavy (non-hydrogen) atoms. The summed E-state index contributed by atoms with van der Waals surface area (Å²) in [7, 11) is 1.31. The van der Waals surface area contributed by atoms with Crippen molar-refractivity contribution in [3.8, 4) is 0 Å². The smallest absolute Gasteiger partial charge is 0.411 e. The van der Waals surface area contributed by atoms with Gasteiger partial charge < -0.3 is 10.5 Å². The molecule has 1 aromatic carbocycles. The highest BCUT2D eigenvalue weighted by atomic mass is 16.5. The van der Waals surface area contributed by atoms with Gasteiger partial charge in [0.25, 0.3) is 0 Å². The number of carbonyl (C=O) groups is 1. The van der Waals surface area contributed by atoms with Crippen molar-refractivity contribution in [2.45, 2.75) is 0 Å². The van der Waals surface area contributed by atoms with Crippen LogP contribution in [0.2, 0.25) is 0 Å². The van der Waals surface area contributed by atoms with Gasteiger partial charge in [-0.3, -0.25) is 5.32 Å². The second-order valence-electron chi connectivity index (χ2n) is 2.24. The van der Waals surface area contributed by atoms with Gasteiger partial charge >= 0.3 is 6.09 Å². The maximum Gasteiger partial charge on any atom is 0.411 e. The van der Waals surface area contributed by atoms with Crippen LogP contribution in [0.4, 0.5) is 16.2 Å². The molecule has 1 amide bonds. The Morgan fingerprint density at radius 1 is 1.58 bits per heavy atom. The van der Waals surface area contributed by atoms with Gasteiger partial charge in [0.2, 0.25) is 0 Å². The average Bonchev–Trinajstić information content (AvgIpc) is 2.04. The Labute approximate surface area is 70.3 Å². The molecular weight excluding hydrogens is 156 g/mol. The molecule has 4 nitrogen and oxygen atoms in total. The summed E-state index contributed by atoms with van der Waals surface area (Å²) in [6, 6.07) is 6.87. The van der Waals surface area contributed by atoms with Crippen molar-refractivity contribution in [2.24, 2.45) is 0 Å². The molecule has 1 aromatic rings. The molecule has 0 bridgehead atoms. The number of nitrogens with two attached hydrogens (primary N) is 1. The predicted octanol–water partition coefficient (Wildman–Crippen LogP) is 1.45. The van der Waals surface area contributed by atoms with Crippen LogP contribution in [0.15, 0.2) is 24.3 Å². The molecule has 0 saturated carbocycles. The van der Waals surface area contributed by atoms with E-state index in [4.69, 9.17) is 5.73 Å². The molecule has 64 valence electrons. The van der Waals surface area contributed by atoms with Crippen molar-refractivity contribution in [1.82, 2.24) is 0 Å². The van der Waals surface area contributed by atoms with Gasteiger partial charge in [0.1, 0.15) is 0 Å². The minimum absolute atomic E-state index is 0.499. The van der Waals surface area contributed by atoms with Gasteiger partial charge in [-0.2, -0.15) is 0 Å². The summed E-state index contributed by atoms with van der Waals surface area (Å²) in [6.07, 6.45) is -0.499. The summed E-state index contributed by atoms with van der Waals surface area (Å²) in [6.45, 7) is 0. The first-order chi connectivity index (χ1) is 5.72. The van der Waals surface area contributed by atoms with E-state index in [9.17, 15) is 4.79 Å². The molecule has 0 radical (unpaired) electrons. The summed E-state index contributed by atoms with van der Waals surface area (Å²) in [4.78, 5) is 10.7. The van der Waals surface area contributed by atoms with Crippen molar-refractivity contribution in [3.05, 3.63) is 24.3 Å². The first-order valence-corrected chi connectivity index (χ1v) is 3.43. The second-order valence-corrected chi connectivity index (χ2v) is 2.24. The van der Waals surface area contributed by atoms with E-state index in [0.29, 0.717) is 11.4 Å². The minimum Gasteiger partial charge on any atom is -0.453 e. The molecule has 0 aliphatic heterocycles. The fraction of sp³-hybridized carbons (Fsp3) is 0.125. The number of amides is 1. The topological polar surface area (TPSA) is 64.3 Å². The highest BCUT2D eigenvalue weighted by Crippen LogP contribution is 2.11. The second kappa shape index (κ2) is 3.61. The highest BCUT2D eigenvalue weighted by Gasteiger charge is 1.98. The van der Waals surface area contributed by atoms with Crippen LogP contribution in [0.1, 0.15) is 0 Å². The molecule has 3 N–H and O–H groups in total. The molecule has 0 unspecified atom stereocenters. The number of methoxy groups -OCH3 is 1. The van der Waals surface area contributed by atoms with Gasteiger partial charge in [0.05, 0.1) is 7.11 Å². The fourth-order valence-corrected chi connectivity index (χ4v) is 0.785. The number of ether oxygens (including phenoxy) is 1. The third kappa shape index (κ3) is 2.16. The summed E-state index contributed by atoms with van der Waals surface area (Å²) in [5, 5.41) is 2.49. The number of benzene rings is 1. The molecular formula is C8H10N2O2. The van der Waals surface area contributed by atoms with E-state index in [2.05, 4.69) is 10.1 Å². The number of nitrogen functional groups attached to an aromatic ring is 1. The van der Waals surface area contributed by atoms with Crippen molar-refractivity contribution >= 4 is 17.5 Å². The molecule has 0 heterocycles. The maximum absolute atomic E-state index is 10.7. The van der Waals surface area contributed by atoms with Gasteiger partial charge in [0.15, 0.2) is 0 Å². The van der Waals surface area contributed by atoms with E-state index in [1.807, 2.05) is 0 Å². The summed E-state index contributed by atoms with van der Waals surface area (Å²) in [5.41, 5.74) is 6.71. The molecule has 0 aliphatic rings. The monoisotopic (exact) mass is 166 g/mol. The van der Waals surface area contributed by atoms with Crippen LogP contribution < -0.4 is 11.1 Å². The van der Waals surface area contributed by atoms with Crippen LogP contribution in [0, 0.1) is 0 Å². The third-order valence-corrected chi connectivity index (χ3v) is 1.32. The predicted molar refractivity (Wildman–Crippen MR) is 46.9 cm³/mol. The van der Waals surface area contributed by atoms with Crippen molar-refractivity contribution in [2.75, 3.05) is 18.2 Å². The lowest BCUT2D eigenvalue weighted by atomic mass is 10.3. The van der Waals surface area contributed by atoms with Gasteiger partial charge in [-0.15, -0.1) is 0 Å². The van der Waals surface area contributed by atoms with Crippen molar-refractivity contribution < 1.29 is 9.53 Å². The molecule has 0 spiro atoms. The van der Waals surface area contributed by atoms with E-state index < -0.39 is 6.09 Å². The van der Waals surface area contributed by atoms with Crippen molar-refractivity contribution in [3.63, 3.8) is 0 Å². The largest absolute Gasteiger partial charge is 0.453 e. The van der Waals surface area contributed by atoms with Gasteiger partial charge in [0, 0.05) is 11.4 Å². The van der Waals surface area contributed by atoms with Gasteiger partial charge in [-0.05, 0) is 18.2 Å². The number of hydrogen-bond acceptors (Lipinski definition) is 3. The minimum atomic E-state index is -0.499. The number of rotatable bonds is 1. The maximum atomic E-state index is 10.7. The summed E-state index contributed by atoms with van der Waals surface area (Å²) < 4.78 is 4.40. The lowest BCUT2D eigenvalue weighted by Crippen LogP contribution is -2.10. The number of carbonyl (C=O) groups excluding carboxylic acids is 1. The first-order valence-electron chi connectivity index (χ1n) is 3.43. The molecule has 0 aromatic heterocycles. The van der Waals surface area contributed by atoms with Crippen LogP contribution in [0.5, 0.6) is 0 Å². The Morgan fingerprint density at radius 3 is 2.92 bits per heavy atom. The SMILES string of the molecule is COC(=O)Nc1cccc(N)c1. The normalized spacial score (nSPS) is 9.08. The quantitative estimate of drug-likeness (QED) is 0.620. The van der Waals surface area contributed by atoms with Crippen LogP contribution in [-0.2, 0) is 4.74 Å². The summed E-state index contributed by atoms with van der Waals surface area (Å²) >= 11 is 0. The van der Waals surface area contributed by atoms with E-state index in [1.54, 1.807) is 24.3 Å². The molecule has 0 atom stereocenters. The molecule has 4 heteroatoms. The van der Waals surface area contributed by atoms with Crippen LogP contribution in [0.25, 0.3) is 0 Å². The zero-order valence-electron chi connectivity index (χ0n) is 6.70. The van der Waals surface area contributed by atoms with Gasteiger partial charge in [-0.1, -0.05) is 6.07 Å². The number of hydrogen-bond donors (Lipinski definition) is 2. The Kier molecular flexibility index (Phi) is 2.53. The van der Waals surface area contributed by atoms with E-state index in [1.165, 1.54) is 7.11 Å². The van der Waals surface area contributed by atoms with Crippen molar-refractivity contribution in [1.29, 1.82) is 0 Å². The molecule has 1 rings (SSSR count). The van der Waals surface area contributed by atoms with Crippen LogP contribution >= 0.6 is 0 Å². The fourth-order valence-electron chi connectivity index (χ4n) is 0.785. The van der Waals surface area contributed by atoms with E-state index >= 15 is 0 Å². The van der Waals surface area contributed by atoms with E-state index in [0.717, 1.165) is 0 Å². The van der Waals surface area contributed by atoms with Crippen LogP contribution in [0.3, 0.4) is 0 Å². The van der Waals surface area contributed by atoms with Gasteiger partial charge in [-0.25, -0.2) is 4.79 Å². The van der Waals surface area contributed by atoms with E-state index in [-0.39, 0.29) is 0 Å². The number of nitrogens with one attached hydrogen (secondary N) is 1. The Bertz CT molecular complexity index is 286. The molecule has 0 fully saturated rings. The average molecular weight is 166 g/mol. The zero-order chi connectivity index (χ0) is 8.97. The van der Waals surface area contributed by atoms with Crippen LogP contribution in [-0.4, -0.2) is 13.2 Å². The lowest BCUT2D eigenvalue weighted by molar-refractivity contribution is 0.187. The standard InChI is InChI=1S/C8H10N2O2/c1-12-8(11)10-7-4-2-3-6(9)5-7/h2-5H,9H2,1H3,(H,10,11). The Hall–Kier alpha value is -1.71. The highest BCUT2D eigenvalue weighted by molar-refractivity contribution is 5.85. The first kappa shape index (κ1) is 8.39. The molecule has 0 aliphatic carbocycles. The Morgan fingerprint density at radius 2 is 2.33 bits per heavy atom. The third-order valence-electron chi connectivity index (χ3n) is 1.32. The summed E-state index contributed by atoms with van der Waals surface area (Å²) in [5.74, 6) is 0. The zero-order valence-corrected chi connectivity index (χ0v) is 6.70.